The van der Waals surface area contributed by atoms with E-state index in [-0.39, 0.29) is 6.04 Å². The monoisotopic (exact) mass is 388 g/mol. The summed E-state index contributed by atoms with van der Waals surface area (Å²) in [6.45, 7) is 2.77. The smallest absolute Gasteiger partial charge is 0.282 e. The van der Waals surface area contributed by atoms with Crippen LogP contribution in [0.15, 0.2) is 57.5 Å². The zero-order valence-corrected chi connectivity index (χ0v) is 15.2. The van der Waals surface area contributed by atoms with Crippen molar-refractivity contribution in [2.45, 2.75) is 19.5 Å². The van der Waals surface area contributed by atoms with E-state index in [2.05, 4.69) is 50.4 Å². The van der Waals surface area contributed by atoms with Crippen LogP contribution in [0.1, 0.15) is 24.4 Å². The number of aromatic nitrogens is 2. The molecule has 3 aromatic rings. The van der Waals surface area contributed by atoms with Gasteiger partial charge in [0.1, 0.15) is 11.8 Å². The molecule has 0 saturated carbocycles. The summed E-state index contributed by atoms with van der Waals surface area (Å²) in [5.41, 5.74) is 2.16. The van der Waals surface area contributed by atoms with E-state index >= 15 is 0 Å². The van der Waals surface area contributed by atoms with Crippen LogP contribution < -0.4 is 10.1 Å². The number of ether oxygens (including phenoxy) is 1. The first-order valence-corrected chi connectivity index (χ1v) is 8.51. The third-order valence-electron chi connectivity index (χ3n) is 3.85. The van der Waals surface area contributed by atoms with E-state index < -0.39 is 0 Å². The van der Waals surface area contributed by atoms with Gasteiger partial charge < -0.3 is 14.6 Å². The highest BCUT2D eigenvalue weighted by molar-refractivity contribution is 9.10. The molecule has 3 rings (SSSR count). The summed E-state index contributed by atoms with van der Waals surface area (Å²) in [6.07, 6.45) is 0. The first-order chi connectivity index (χ1) is 11.7. The highest BCUT2D eigenvalue weighted by atomic mass is 79.9. The minimum absolute atomic E-state index is 0.263. The van der Waals surface area contributed by atoms with Crippen LogP contribution in [0.5, 0.6) is 5.75 Å². The molecule has 0 amide bonds. The Morgan fingerprint density at radius 3 is 2.71 bits per heavy atom. The molecule has 5 nitrogen and oxygen atoms in total. The van der Waals surface area contributed by atoms with E-state index in [4.69, 9.17) is 9.26 Å². The Hall–Kier alpha value is -2.18. The van der Waals surface area contributed by atoms with E-state index in [1.807, 2.05) is 36.4 Å². The first kappa shape index (κ1) is 16.7. The standard InChI is InChI=1S/C18H18BrN3O2/c1-12(14-8-9-16(23-2)15(19)10-14)20-11-17-21-18(22-24-17)13-6-4-3-5-7-13/h3-10,12,20H,11H2,1-2H3/p+1/t12-/m1/s1. The molecular weight excluding hydrogens is 370 g/mol. The largest absolute Gasteiger partial charge is 0.496 e. The van der Waals surface area contributed by atoms with Gasteiger partial charge in [0.05, 0.1) is 11.6 Å². The predicted molar refractivity (Wildman–Crippen MR) is 94.5 cm³/mol. The average Bonchev–Trinajstić information content (AvgIpc) is 3.09. The molecule has 124 valence electrons. The minimum atomic E-state index is 0.263. The van der Waals surface area contributed by atoms with E-state index in [0.717, 1.165) is 15.8 Å². The molecule has 0 aliphatic carbocycles. The Balaban J connectivity index is 1.63. The van der Waals surface area contributed by atoms with Gasteiger partial charge in [-0.2, -0.15) is 4.98 Å². The predicted octanol–water partition coefficient (Wildman–Crippen LogP) is 3.33. The van der Waals surface area contributed by atoms with Crippen LogP contribution in [0.3, 0.4) is 0 Å². The fraction of sp³-hybridized carbons (Fsp3) is 0.222. The van der Waals surface area contributed by atoms with Crippen molar-refractivity contribution >= 4 is 15.9 Å². The number of halogens is 1. The molecule has 2 N–H and O–H groups in total. The zero-order chi connectivity index (χ0) is 16.9. The van der Waals surface area contributed by atoms with E-state index in [1.54, 1.807) is 7.11 Å². The van der Waals surface area contributed by atoms with Crippen molar-refractivity contribution < 1.29 is 14.6 Å². The van der Waals surface area contributed by atoms with Crippen LogP contribution >= 0.6 is 15.9 Å². The summed E-state index contributed by atoms with van der Waals surface area (Å²) >= 11 is 3.52. The maximum atomic E-state index is 5.34. The summed E-state index contributed by atoms with van der Waals surface area (Å²) in [7, 11) is 1.66. The van der Waals surface area contributed by atoms with Gasteiger partial charge >= 0.3 is 0 Å². The van der Waals surface area contributed by atoms with Crippen molar-refractivity contribution in [2.24, 2.45) is 0 Å². The molecule has 0 saturated heterocycles. The Kier molecular flexibility index (Phi) is 5.27. The van der Waals surface area contributed by atoms with Crippen LogP contribution in [0, 0.1) is 0 Å². The van der Waals surface area contributed by atoms with Gasteiger partial charge in [0.25, 0.3) is 5.89 Å². The van der Waals surface area contributed by atoms with Crippen LogP contribution in [0.4, 0.5) is 0 Å². The van der Waals surface area contributed by atoms with E-state index in [9.17, 15) is 0 Å². The number of nitrogens with two attached hydrogens (primary N) is 1. The van der Waals surface area contributed by atoms with Crippen molar-refractivity contribution in [1.82, 2.24) is 10.1 Å². The third-order valence-corrected chi connectivity index (χ3v) is 4.47. The quantitative estimate of drug-likeness (QED) is 0.703. The molecule has 0 bridgehead atoms. The maximum Gasteiger partial charge on any atom is 0.282 e. The normalized spacial score (nSPS) is 12.1. The molecule has 6 heteroatoms. The van der Waals surface area contributed by atoms with Crippen LogP contribution in [-0.4, -0.2) is 17.3 Å². The summed E-state index contributed by atoms with van der Waals surface area (Å²) < 4.78 is 11.6. The Morgan fingerprint density at radius 1 is 1.21 bits per heavy atom. The van der Waals surface area contributed by atoms with Gasteiger partial charge in [0.15, 0.2) is 6.54 Å². The van der Waals surface area contributed by atoms with Gasteiger partial charge in [-0.1, -0.05) is 35.5 Å². The Bertz CT molecular complexity index is 805. The molecular formula is C18H19BrN3O2+. The number of rotatable bonds is 6. The van der Waals surface area contributed by atoms with Gasteiger partial charge in [-0.3, -0.25) is 0 Å². The molecule has 0 aliphatic rings. The van der Waals surface area contributed by atoms with Gasteiger partial charge in [-0.15, -0.1) is 0 Å². The molecule has 0 radical (unpaired) electrons. The molecule has 0 fully saturated rings. The van der Waals surface area contributed by atoms with Crippen molar-refractivity contribution in [3.63, 3.8) is 0 Å². The highest BCUT2D eigenvalue weighted by Crippen LogP contribution is 2.27. The van der Waals surface area contributed by atoms with Gasteiger partial charge in [-0.05, 0) is 41.1 Å². The lowest BCUT2D eigenvalue weighted by molar-refractivity contribution is -0.710. The van der Waals surface area contributed by atoms with Gasteiger partial charge in [0, 0.05) is 11.1 Å². The van der Waals surface area contributed by atoms with E-state index in [0.29, 0.717) is 18.3 Å². The van der Waals surface area contributed by atoms with Gasteiger partial charge in [0.2, 0.25) is 5.82 Å². The minimum Gasteiger partial charge on any atom is -0.496 e. The lowest BCUT2D eigenvalue weighted by atomic mass is 10.1. The number of methoxy groups -OCH3 is 1. The second-order valence-electron chi connectivity index (χ2n) is 5.50. The summed E-state index contributed by atoms with van der Waals surface area (Å²) in [4.78, 5) is 4.45. The van der Waals surface area contributed by atoms with Crippen molar-refractivity contribution in [3.05, 3.63) is 64.5 Å². The lowest BCUT2D eigenvalue weighted by Crippen LogP contribution is -2.83. The number of hydrogen-bond donors (Lipinski definition) is 1. The van der Waals surface area contributed by atoms with Crippen LogP contribution in [0.2, 0.25) is 0 Å². The van der Waals surface area contributed by atoms with Crippen molar-refractivity contribution in [3.8, 4) is 17.1 Å². The Labute approximate surface area is 149 Å². The fourth-order valence-electron chi connectivity index (χ4n) is 2.42. The first-order valence-electron chi connectivity index (χ1n) is 7.72. The fourth-order valence-corrected chi connectivity index (χ4v) is 2.98. The van der Waals surface area contributed by atoms with E-state index in [1.165, 1.54) is 5.56 Å². The van der Waals surface area contributed by atoms with Gasteiger partial charge in [-0.25, -0.2) is 0 Å². The number of quaternary nitrogens is 1. The second kappa shape index (κ2) is 7.59. The maximum absolute atomic E-state index is 5.34. The lowest BCUT2D eigenvalue weighted by Gasteiger charge is -2.11. The van der Waals surface area contributed by atoms with Crippen LogP contribution in [0.25, 0.3) is 11.4 Å². The topological polar surface area (TPSA) is 64.8 Å². The highest BCUT2D eigenvalue weighted by Gasteiger charge is 2.14. The summed E-state index contributed by atoms with van der Waals surface area (Å²) in [6, 6.07) is 16.2. The molecule has 0 spiro atoms. The molecule has 24 heavy (non-hydrogen) atoms. The molecule has 0 aliphatic heterocycles. The molecule has 0 unspecified atom stereocenters. The zero-order valence-electron chi connectivity index (χ0n) is 13.6. The average molecular weight is 389 g/mol. The number of hydrogen-bond acceptors (Lipinski definition) is 4. The third kappa shape index (κ3) is 3.83. The van der Waals surface area contributed by atoms with Crippen molar-refractivity contribution in [2.75, 3.05) is 7.11 Å². The van der Waals surface area contributed by atoms with Crippen molar-refractivity contribution in [1.29, 1.82) is 0 Å². The molecule has 2 aromatic carbocycles. The second-order valence-corrected chi connectivity index (χ2v) is 6.35. The number of benzene rings is 2. The summed E-state index contributed by atoms with van der Waals surface area (Å²) in [5.74, 6) is 2.07. The number of nitrogens with zero attached hydrogens (tertiary/aromatic N) is 2. The molecule has 1 aromatic heterocycles. The summed E-state index contributed by atoms with van der Waals surface area (Å²) in [5, 5.41) is 6.21. The van der Waals surface area contributed by atoms with Crippen LogP contribution in [-0.2, 0) is 6.54 Å². The Morgan fingerprint density at radius 2 is 2.00 bits per heavy atom. The molecule has 1 heterocycles. The SMILES string of the molecule is COc1ccc([C@@H](C)[NH2+]Cc2nc(-c3ccccc3)no2)cc1Br. The molecule has 1 atom stereocenters.